The van der Waals surface area contributed by atoms with E-state index in [1.807, 2.05) is 26.0 Å². The van der Waals surface area contributed by atoms with Crippen molar-refractivity contribution in [1.82, 2.24) is 9.97 Å². The maximum Gasteiger partial charge on any atom is 0.227 e. The van der Waals surface area contributed by atoms with Crippen LogP contribution in [0.4, 0.5) is 0 Å². The first-order valence-corrected chi connectivity index (χ1v) is 17.7. The van der Waals surface area contributed by atoms with Crippen LogP contribution >= 0.6 is 0 Å². The van der Waals surface area contributed by atoms with E-state index in [0.717, 1.165) is 56.0 Å². The number of ether oxygens (including phenoxy) is 2. The second-order valence-corrected chi connectivity index (χ2v) is 13.2. The van der Waals surface area contributed by atoms with Crippen molar-refractivity contribution in [2.24, 2.45) is 0 Å². The highest BCUT2D eigenvalue weighted by Crippen LogP contribution is 2.43. The van der Waals surface area contributed by atoms with Crippen molar-refractivity contribution in [3.8, 4) is 34.4 Å². The molecule has 2 aromatic heterocycles. The molecule has 2 fully saturated rings. The van der Waals surface area contributed by atoms with Gasteiger partial charge in [0.25, 0.3) is 0 Å². The second-order valence-electron chi connectivity index (χ2n) is 13.2. The number of nitrogens with zero attached hydrogens (tertiary/aromatic N) is 2. The molecule has 4 aromatic carbocycles. The van der Waals surface area contributed by atoms with Gasteiger partial charge in [-0.3, -0.25) is 0 Å². The summed E-state index contributed by atoms with van der Waals surface area (Å²) >= 11 is 0. The van der Waals surface area contributed by atoms with E-state index in [4.69, 9.17) is 28.3 Å². The number of aromatic nitrogens is 2. The third-order valence-electron chi connectivity index (χ3n) is 10.0. The van der Waals surface area contributed by atoms with E-state index in [2.05, 4.69) is 72.8 Å². The lowest BCUT2D eigenvalue weighted by Gasteiger charge is -2.15. The zero-order chi connectivity index (χ0) is 32.5. The Morgan fingerprint density at radius 2 is 0.979 bits per heavy atom. The predicted molar refractivity (Wildman–Crippen MR) is 193 cm³/mol. The average molecular weight is 639 g/mol. The van der Waals surface area contributed by atoms with Gasteiger partial charge in [0.15, 0.2) is 11.2 Å². The van der Waals surface area contributed by atoms with E-state index < -0.39 is 0 Å². The molecule has 0 N–H and O–H groups in total. The summed E-state index contributed by atoms with van der Waals surface area (Å²) in [5, 5.41) is 0. The van der Waals surface area contributed by atoms with E-state index in [1.54, 1.807) is 0 Å². The lowest BCUT2D eigenvalue weighted by molar-refractivity contribution is 0.334. The van der Waals surface area contributed by atoms with Crippen LogP contribution in [-0.4, -0.2) is 23.2 Å². The quantitative estimate of drug-likeness (QED) is 0.139. The SMILES string of the molecule is CCOc1cc2oc(-c3ccc(C=Cc4ccc(-c5nc6cc(C7CCCC7)c(OCC)cc6o5)cc4)cc3)nc2cc1C1CCCC1. The van der Waals surface area contributed by atoms with E-state index >= 15 is 0 Å². The molecule has 8 rings (SSSR count). The van der Waals surface area contributed by atoms with Gasteiger partial charge in [0.05, 0.1) is 13.2 Å². The molecule has 6 nitrogen and oxygen atoms in total. The molecule has 0 amide bonds. The molecule has 2 saturated carbocycles. The van der Waals surface area contributed by atoms with Crippen molar-refractivity contribution >= 4 is 34.4 Å². The Bertz CT molecular complexity index is 1910. The summed E-state index contributed by atoms with van der Waals surface area (Å²) in [5.74, 6) is 4.22. The highest BCUT2D eigenvalue weighted by atomic mass is 16.5. The molecular formula is C42H42N2O4. The highest BCUT2D eigenvalue weighted by Gasteiger charge is 2.24. The van der Waals surface area contributed by atoms with Gasteiger partial charge in [0.1, 0.15) is 22.5 Å². The number of hydrogen-bond acceptors (Lipinski definition) is 6. The summed E-state index contributed by atoms with van der Waals surface area (Å²) in [5.41, 5.74) is 9.97. The topological polar surface area (TPSA) is 70.5 Å². The van der Waals surface area contributed by atoms with Gasteiger partial charge < -0.3 is 18.3 Å². The van der Waals surface area contributed by atoms with Crippen molar-refractivity contribution in [2.75, 3.05) is 13.2 Å². The molecule has 6 aromatic rings. The van der Waals surface area contributed by atoms with Crippen LogP contribution in [0.2, 0.25) is 0 Å². The van der Waals surface area contributed by atoms with Gasteiger partial charge in [0.2, 0.25) is 11.8 Å². The Morgan fingerprint density at radius 1 is 0.583 bits per heavy atom. The molecule has 0 spiro atoms. The number of oxazole rings is 2. The molecule has 244 valence electrons. The van der Waals surface area contributed by atoms with Crippen molar-refractivity contribution in [3.05, 3.63) is 95.1 Å². The maximum atomic E-state index is 6.21. The predicted octanol–water partition coefficient (Wildman–Crippen LogP) is 11.6. The van der Waals surface area contributed by atoms with Gasteiger partial charge in [0, 0.05) is 23.3 Å². The zero-order valence-corrected chi connectivity index (χ0v) is 27.8. The van der Waals surface area contributed by atoms with Crippen LogP contribution in [0.25, 0.3) is 57.3 Å². The van der Waals surface area contributed by atoms with Crippen molar-refractivity contribution in [2.45, 2.75) is 77.0 Å². The summed E-state index contributed by atoms with van der Waals surface area (Å²) in [6.45, 7) is 5.34. The summed E-state index contributed by atoms with van der Waals surface area (Å²) in [7, 11) is 0. The molecule has 2 aliphatic carbocycles. The molecule has 2 heterocycles. The number of rotatable bonds is 10. The molecule has 0 saturated heterocycles. The van der Waals surface area contributed by atoms with E-state index in [0.29, 0.717) is 36.8 Å². The lowest BCUT2D eigenvalue weighted by Crippen LogP contribution is -2.00. The van der Waals surface area contributed by atoms with Gasteiger partial charge in [-0.1, -0.05) is 62.1 Å². The van der Waals surface area contributed by atoms with Gasteiger partial charge in [-0.15, -0.1) is 0 Å². The van der Waals surface area contributed by atoms with Crippen LogP contribution in [0.3, 0.4) is 0 Å². The zero-order valence-electron chi connectivity index (χ0n) is 27.8. The monoisotopic (exact) mass is 638 g/mol. The molecule has 0 atom stereocenters. The maximum absolute atomic E-state index is 6.21. The van der Waals surface area contributed by atoms with Crippen molar-refractivity contribution in [1.29, 1.82) is 0 Å². The largest absolute Gasteiger partial charge is 0.493 e. The number of fused-ring (bicyclic) bond motifs is 2. The standard InChI is InChI=1S/C42H42N2O4/c1-3-45-37-25-39-35(23-33(37)29-9-5-6-10-29)43-41(47-39)31-19-15-27(16-20-31)13-14-28-17-21-32(22-18-28)42-44-36-24-34(30-11-7-8-12-30)38(46-4-2)26-40(36)48-42/h13-26,29-30H,3-12H2,1-2H3. The van der Waals surface area contributed by atoms with E-state index in [1.165, 1.54) is 62.5 Å². The van der Waals surface area contributed by atoms with Crippen LogP contribution in [0.1, 0.15) is 99.3 Å². The van der Waals surface area contributed by atoms with Crippen molar-refractivity contribution in [3.63, 3.8) is 0 Å². The summed E-state index contributed by atoms with van der Waals surface area (Å²) in [6.07, 6.45) is 14.2. The summed E-state index contributed by atoms with van der Waals surface area (Å²) < 4.78 is 24.5. The Hall–Kier alpha value is -4.84. The Kier molecular flexibility index (Phi) is 8.48. The molecule has 0 bridgehead atoms. The normalized spacial score (nSPS) is 15.8. The number of benzene rings is 4. The fourth-order valence-electron chi connectivity index (χ4n) is 7.53. The summed E-state index contributed by atoms with van der Waals surface area (Å²) in [6, 6.07) is 25.1. The van der Waals surface area contributed by atoms with Gasteiger partial charge in [-0.2, -0.15) is 0 Å². The van der Waals surface area contributed by atoms with Gasteiger partial charge in [-0.25, -0.2) is 9.97 Å². The minimum absolute atomic E-state index is 0.546. The van der Waals surface area contributed by atoms with Crippen LogP contribution in [0, 0.1) is 0 Å². The molecule has 2 aliphatic rings. The minimum Gasteiger partial charge on any atom is -0.493 e. The minimum atomic E-state index is 0.546. The van der Waals surface area contributed by atoms with Gasteiger partial charge in [-0.05, 0) is 110 Å². The molecule has 6 heteroatoms. The van der Waals surface area contributed by atoms with Crippen molar-refractivity contribution < 1.29 is 18.3 Å². The van der Waals surface area contributed by atoms with Crippen LogP contribution in [0.5, 0.6) is 11.5 Å². The molecule has 0 unspecified atom stereocenters. The Balaban J connectivity index is 0.973. The molecule has 48 heavy (non-hydrogen) atoms. The average Bonchev–Trinajstić information content (AvgIpc) is 3.94. The van der Waals surface area contributed by atoms with Crippen LogP contribution in [0.15, 0.2) is 81.6 Å². The molecule has 0 radical (unpaired) electrons. The first-order valence-electron chi connectivity index (χ1n) is 17.7. The van der Waals surface area contributed by atoms with E-state index in [9.17, 15) is 0 Å². The fraction of sp³-hybridized carbons (Fsp3) is 0.333. The highest BCUT2D eigenvalue weighted by molar-refractivity contribution is 5.81. The first-order chi connectivity index (χ1) is 23.6. The third kappa shape index (κ3) is 6.12. The second kappa shape index (κ2) is 13.3. The first kappa shape index (κ1) is 30.5. The van der Waals surface area contributed by atoms with E-state index in [-0.39, 0.29) is 0 Å². The smallest absolute Gasteiger partial charge is 0.227 e. The summed E-state index contributed by atoms with van der Waals surface area (Å²) in [4.78, 5) is 9.72. The molecule has 0 aliphatic heterocycles. The molecular weight excluding hydrogens is 596 g/mol. The van der Waals surface area contributed by atoms with Crippen LogP contribution in [-0.2, 0) is 0 Å². The fourth-order valence-corrected chi connectivity index (χ4v) is 7.53. The third-order valence-corrected chi connectivity index (χ3v) is 10.0. The van der Waals surface area contributed by atoms with Gasteiger partial charge >= 0.3 is 0 Å². The number of hydrogen-bond donors (Lipinski definition) is 0. The van der Waals surface area contributed by atoms with Crippen LogP contribution < -0.4 is 9.47 Å². The lowest BCUT2D eigenvalue weighted by atomic mass is 9.96. The Labute approximate surface area is 281 Å². The Morgan fingerprint density at radius 3 is 1.35 bits per heavy atom.